The van der Waals surface area contributed by atoms with Gasteiger partial charge in [0.2, 0.25) is 0 Å². The van der Waals surface area contributed by atoms with Crippen molar-refractivity contribution in [3.63, 3.8) is 0 Å². The van der Waals surface area contributed by atoms with Gasteiger partial charge in [-0.2, -0.15) is 9.97 Å². The molecule has 3 heterocycles. The normalized spacial score (nSPS) is 17.0. The zero-order valence-electron chi connectivity index (χ0n) is 15.9. The number of aromatic amines is 1. The fourth-order valence-corrected chi connectivity index (χ4v) is 3.96. The summed E-state index contributed by atoms with van der Waals surface area (Å²) in [6.45, 7) is 2.00. The summed E-state index contributed by atoms with van der Waals surface area (Å²) >= 11 is -1.31. The Kier molecular flexibility index (Phi) is 5.43. The predicted molar refractivity (Wildman–Crippen MR) is 107 cm³/mol. The first kappa shape index (κ1) is 19.0. The Morgan fingerprint density at radius 3 is 2.64 bits per heavy atom. The number of halogens is 1. The maximum atomic E-state index is 14.5. The average molecular weight is 399 g/mol. The minimum atomic E-state index is -1.31. The van der Waals surface area contributed by atoms with Gasteiger partial charge in [-0.25, -0.2) is 9.37 Å². The summed E-state index contributed by atoms with van der Waals surface area (Å²) in [4.78, 5) is 19.0. The van der Waals surface area contributed by atoms with Crippen LogP contribution in [-0.2, 0) is 11.2 Å². The second kappa shape index (κ2) is 7.98. The first-order chi connectivity index (χ1) is 13.5. The highest BCUT2D eigenvalue weighted by Crippen LogP contribution is 2.35. The van der Waals surface area contributed by atoms with Crippen molar-refractivity contribution in [3.05, 3.63) is 48.2 Å². The molecule has 4 rings (SSSR count). The Morgan fingerprint density at radius 1 is 1.18 bits per heavy atom. The van der Waals surface area contributed by atoms with Crippen LogP contribution in [0.25, 0.3) is 22.6 Å². The molecule has 1 unspecified atom stereocenters. The van der Waals surface area contributed by atoms with Crippen LogP contribution in [-0.4, -0.2) is 55.8 Å². The Hall–Kier alpha value is -2.29. The van der Waals surface area contributed by atoms with Crippen LogP contribution < -0.4 is 0 Å². The van der Waals surface area contributed by atoms with E-state index in [0.717, 1.165) is 31.8 Å². The lowest BCUT2D eigenvalue weighted by molar-refractivity contribution is 0.251. The molecule has 1 saturated heterocycles. The minimum absolute atomic E-state index is 0.243. The fourth-order valence-electron chi connectivity index (χ4n) is 3.52. The summed E-state index contributed by atoms with van der Waals surface area (Å²) in [7, 11) is 2.11. The van der Waals surface area contributed by atoms with E-state index in [1.165, 1.54) is 12.3 Å². The number of rotatable bonds is 4. The number of imidazole rings is 1. The van der Waals surface area contributed by atoms with Crippen molar-refractivity contribution in [2.45, 2.75) is 23.9 Å². The molecule has 1 aromatic carbocycles. The number of nitrogens with zero attached hydrogens (tertiary/aromatic N) is 4. The highest BCUT2D eigenvalue weighted by molar-refractivity contribution is 7.90. The summed E-state index contributed by atoms with van der Waals surface area (Å²) in [5.41, 5.74) is 2.14. The maximum Gasteiger partial charge on any atom is 0.343 e. The van der Waals surface area contributed by atoms with Crippen molar-refractivity contribution in [1.82, 2.24) is 24.8 Å². The van der Waals surface area contributed by atoms with Gasteiger partial charge in [-0.15, -0.1) is 0 Å². The Bertz CT molecular complexity index is 969. The summed E-state index contributed by atoms with van der Waals surface area (Å²) in [6.07, 6.45) is 5.09. The second-order valence-electron chi connectivity index (χ2n) is 7.08. The third-order valence-electron chi connectivity index (χ3n) is 5.10. The van der Waals surface area contributed by atoms with Crippen molar-refractivity contribution in [2.75, 3.05) is 26.4 Å². The van der Waals surface area contributed by atoms with Crippen molar-refractivity contribution < 1.29 is 8.94 Å². The van der Waals surface area contributed by atoms with E-state index < -0.39 is 11.2 Å². The van der Waals surface area contributed by atoms with Gasteiger partial charge < -0.3 is 14.4 Å². The number of benzene rings is 1. The molecule has 3 aromatic rings. The van der Waals surface area contributed by atoms with Gasteiger partial charge in [0, 0.05) is 28.9 Å². The van der Waals surface area contributed by atoms with E-state index in [1.807, 2.05) is 0 Å². The van der Waals surface area contributed by atoms with Gasteiger partial charge in [0.1, 0.15) is 23.6 Å². The third-order valence-corrected chi connectivity index (χ3v) is 5.81. The smallest absolute Gasteiger partial charge is 0.343 e. The molecule has 2 aromatic heterocycles. The standard InChI is InChI=1S/C20H22FN5OS/c1-26-11-8-13(9-12-26)19-24-17(14-5-3-4-6-15(14)21)18(25-19)16-7-10-22-20(23-16)28(2)27/h3-7,10,13H,8-9,11-12H2,1-2H3,(H,24,25). The molecule has 0 spiro atoms. The summed E-state index contributed by atoms with van der Waals surface area (Å²) in [5.74, 6) is 0.801. The molecule has 8 heteroatoms. The van der Waals surface area contributed by atoms with Gasteiger partial charge in [-0.3, -0.25) is 0 Å². The lowest BCUT2D eigenvalue weighted by Crippen LogP contribution is -2.29. The van der Waals surface area contributed by atoms with Crippen LogP contribution in [0.2, 0.25) is 0 Å². The highest BCUT2D eigenvalue weighted by Gasteiger charge is 2.25. The molecule has 0 aliphatic carbocycles. The molecule has 0 radical (unpaired) electrons. The summed E-state index contributed by atoms with van der Waals surface area (Å²) in [6, 6.07) is 8.32. The molecule has 1 aliphatic rings. The van der Waals surface area contributed by atoms with E-state index in [2.05, 4.69) is 26.9 Å². The molecular weight excluding hydrogens is 377 g/mol. The number of H-pyrrole nitrogens is 1. The molecule has 0 bridgehead atoms. The summed E-state index contributed by atoms with van der Waals surface area (Å²) in [5, 5.41) is 0.243. The van der Waals surface area contributed by atoms with Crippen molar-refractivity contribution in [2.24, 2.45) is 0 Å². The van der Waals surface area contributed by atoms with Crippen LogP contribution in [0.3, 0.4) is 0 Å². The molecular formula is C20H22FN5OS. The first-order valence-corrected chi connectivity index (χ1v) is 10.8. The third kappa shape index (κ3) is 3.80. The van der Waals surface area contributed by atoms with Gasteiger partial charge in [-0.05, 0) is 51.2 Å². The topological polar surface area (TPSA) is 80.8 Å². The largest absolute Gasteiger partial charge is 0.609 e. The molecule has 1 N–H and O–H groups in total. The first-order valence-electron chi connectivity index (χ1n) is 9.23. The lowest BCUT2D eigenvalue weighted by atomic mass is 9.96. The highest BCUT2D eigenvalue weighted by atomic mass is 32.2. The van der Waals surface area contributed by atoms with Crippen LogP contribution >= 0.6 is 0 Å². The van der Waals surface area contributed by atoms with E-state index in [4.69, 9.17) is 4.98 Å². The van der Waals surface area contributed by atoms with Gasteiger partial charge in [0.05, 0.1) is 11.4 Å². The number of aromatic nitrogens is 4. The number of hydrogen-bond donors (Lipinski definition) is 1. The Morgan fingerprint density at radius 2 is 1.93 bits per heavy atom. The number of piperidine rings is 1. The predicted octanol–water partition coefficient (Wildman–Crippen LogP) is 3.22. The molecule has 0 amide bonds. The molecule has 1 fully saturated rings. The van der Waals surface area contributed by atoms with E-state index in [0.29, 0.717) is 22.6 Å². The summed E-state index contributed by atoms with van der Waals surface area (Å²) < 4.78 is 26.4. The van der Waals surface area contributed by atoms with Crippen LogP contribution in [0.15, 0.2) is 41.7 Å². The van der Waals surface area contributed by atoms with Crippen LogP contribution in [0.1, 0.15) is 24.6 Å². The molecule has 146 valence electrons. The number of nitrogens with one attached hydrogen (secondary N) is 1. The van der Waals surface area contributed by atoms with E-state index in [1.54, 1.807) is 30.5 Å². The zero-order chi connectivity index (χ0) is 19.7. The monoisotopic (exact) mass is 399 g/mol. The molecule has 1 atom stereocenters. The maximum absolute atomic E-state index is 14.5. The average Bonchev–Trinajstić information content (AvgIpc) is 3.14. The van der Waals surface area contributed by atoms with E-state index in [-0.39, 0.29) is 16.9 Å². The molecule has 28 heavy (non-hydrogen) atoms. The Balaban J connectivity index is 1.82. The minimum Gasteiger partial charge on any atom is -0.609 e. The molecule has 1 aliphatic heterocycles. The SMILES string of the molecule is CN1CCC(c2nc(-c3ccccc3F)c(-c3ccnc([S+](C)[O-])n3)[nH]2)CC1. The second-order valence-corrected chi connectivity index (χ2v) is 8.36. The lowest BCUT2D eigenvalue weighted by Gasteiger charge is -2.27. The van der Waals surface area contributed by atoms with E-state index in [9.17, 15) is 8.94 Å². The van der Waals surface area contributed by atoms with Crippen molar-refractivity contribution in [3.8, 4) is 22.6 Å². The van der Waals surface area contributed by atoms with Crippen LogP contribution in [0.4, 0.5) is 4.39 Å². The molecule has 6 nitrogen and oxygen atoms in total. The Labute approximate surface area is 166 Å². The molecule has 0 saturated carbocycles. The van der Waals surface area contributed by atoms with Gasteiger partial charge in [0.25, 0.3) is 0 Å². The van der Waals surface area contributed by atoms with Crippen LogP contribution in [0.5, 0.6) is 0 Å². The fraction of sp³-hybridized carbons (Fsp3) is 0.350. The van der Waals surface area contributed by atoms with Gasteiger partial charge in [0.15, 0.2) is 0 Å². The number of hydrogen-bond acceptors (Lipinski definition) is 5. The van der Waals surface area contributed by atoms with Gasteiger partial charge >= 0.3 is 5.16 Å². The van der Waals surface area contributed by atoms with Crippen LogP contribution in [0, 0.1) is 5.82 Å². The van der Waals surface area contributed by atoms with E-state index >= 15 is 0 Å². The van der Waals surface area contributed by atoms with Gasteiger partial charge in [-0.1, -0.05) is 12.1 Å². The van der Waals surface area contributed by atoms with Crippen molar-refractivity contribution >= 4 is 11.2 Å². The quantitative estimate of drug-likeness (QED) is 0.538. The number of likely N-dealkylation sites (tertiary alicyclic amines) is 1. The van der Waals surface area contributed by atoms with Crippen molar-refractivity contribution in [1.29, 1.82) is 0 Å². The zero-order valence-corrected chi connectivity index (χ0v) is 16.7.